The largest absolute Gasteiger partial charge is 0.373 e. The highest BCUT2D eigenvalue weighted by Gasteiger charge is 2.23. The maximum Gasteiger partial charge on any atom is 0.106 e. The van der Waals surface area contributed by atoms with E-state index < -0.39 is 0 Å². The Labute approximate surface area is 142 Å². The van der Waals surface area contributed by atoms with E-state index in [4.69, 9.17) is 9.47 Å². The van der Waals surface area contributed by atoms with Gasteiger partial charge in [0.25, 0.3) is 0 Å². The van der Waals surface area contributed by atoms with E-state index in [-0.39, 0.29) is 6.10 Å². The monoisotopic (exact) mass is 318 g/mol. The molecule has 1 saturated heterocycles. The Bertz CT molecular complexity index is 404. The summed E-state index contributed by atoms with van der Waals surface area (Å²) < 4.78 is 12.1. The standard InChI is InChI=1S/C21H34O2/c1-3-5-7-8-9-11-20-16-23-21(17-22-20)19-14-12-18(13-15-19)10-6-4-2/h12-15,20-21H,3-11,16-17H2,1-2H3/t20-,21-/m1/s1. The summed E-state index contributed by atoms with van der Waals surface area (Å²) in [6, 6.07) is 8.91. The maximum atomic E-state index is 6.05. The number of benzene rings is 1. The maximum absolute atomic E-state index is 6.05. The zero-order valence-corrected chi connectivity index (χ0v) is 15.1. The molecule has 2 heteroatoms. The molecule has 1 aromatic rings. The Balaban J connectivity index is 1.67. The molecule has 1 aliphatic heterocycles. The second-order valence-electron chi connectivity index (χ2n) is 6.83. The first-order valence-corrected chi connectivity index (χ1v) is 9.65. The molecule has 1 aliphatic rings. The first-order chi connectivity index (χ1) is 11.3. The SMILES string of the molecule is CCCCCCC[C@@H]1CO[C@@H](c2ccc(CCCC)cc2)CO1. The van der Waals surface area contributed by atoms with Crippen LogP contribution in [0.4, 0.5) is 0 Å². The lowest BCUT2D eigenvalue weighted by Crippen LogP contribution is -2.31. The molecule has 1 fully saturated rings. The topological polar surface area (TPSA) is 18.5 Å². The summed E-state index contributed by atoms with van der Waals surface area (Å²) in [5, 5.41) is 0. The molecule has 0 N–H and O–H groups in total. The molecule has 1 heterocycles. The van der Waals surface area contributed by atoms with Crippen molar-refractivity contribution in [3.8, 4) is 0 Å². The number of hydrogen-bond donors (Lipinski definition) is 0. The van der Waals surface area contributed by atoms with Crippen LogP contribution in [0, 0.1) is 0 Å². The van der Waals surface area contributed by atoms with Crippen LogP contribution in [0.2, 0.25) is 0 Å². The minimum Gasteiger partial charge on any atom is -0.373 e. The van der Waals surface area contributed by atoms with Crippen molar-refractivity contribution in [2.75, 3.05) is 13.2 Å². The van der Waals surface area contributed by atoms with Gasteiger partial charge >= 0.3 is 0 Å². The summed E-state index contributed by atoms with van der Waals surface area (Å²) in [5.74, 6) is 0. The lowest BCUT2D eigenvalue weighted by Gasteiger charge is -2.30. The van der Waals surface area contributed by atoms with Gasteiger partial charge in [0.2, 0.25) is 0 Å². The van der Waals surface area contributed by atoms with Gasteiger partial charge in [-0.3, -0.25) is 0 Å². The molecule has 2 atom stereocenters. The van der Waals surface area contributed by atoms with E-state index in [1.54, 1.807) is 0 Å². The van der Waals surface area contributed by atoms with Crippen molar-refractivity contribution in [2.24, 2.45) is 0 Å². The number of aryl methyl sites for hydroxylation is 1. The zero-order chi connectivity index (χ0) is 16.3. The second kappa shape index (κ2) is 10.8. The average Bonchev–Trinajstić information content (AvgIpc) is 2.61. The van der Waals surface area contributed by atoms with E-state index in [1.807, 2.05) is 0 Å². The van der Waals surface area contributed by atoms with Crippen LogP contribution in [0.15, 0.2) is 24.3 Å². The van der Waals surface area contributed by atoms with Gasteiger partial charge in [-0.25, -0.2) is 0 Å². The van der Waals surface area contributed by atoms with Crippen LogP contribution >= 0.6 is 0 Å². The molecule has 0 saturated carbocycles. The third-order valence-corrected chi connectivity index (χ3v) is 4.77. The minimum absolute atomic E-state index is 0.117. The van der Waals surface area contributed by atoms with Crippen LogP contribution < -0.4 is 0 Å². The van der Waals surface area contributed by atoms with Crippen LogP contribution in [0.5, 0.6) is 0 Å². The summed E-state index contributed by atoms with van der Waals surface area (Å²) >= 11 is 0. The summed E-state index contributed by atoms with van der Waals surface area (Å²) in [6.07, 6.45) is 11.9. The van der Waals surface area contributed by atoms with E-state index in [2.05, 4.69) is 38.1 Å². The molecule has 0 spiro atoms. The van der Waals surface area contributed by atoms with E-state index in [0.29, 0.717) is 12.7 Å². The second-order valence-corrected chi connectivity index (χ2v) is 6.83. The minimum atomic E-state index is 0.117. The third-order valence-electron chi connectivity index (χ3n) is 4.77. The van der Waals surface area contributed by atoms with E-state index in [9.17, 15) is 0 Å². The van der Waals surface area contributed by atoms with Gasteiger partial charge in [-0.2, -0.15) is 0 Å². The highest BCUT2D eigenvalue weighted by molar-refractivity contribution is 5.24. The predicted molar refractivity (Wildman–Crippen MR) is 96.9 cm³/mol. The molecular weight excluding hydrogens is 284 g/mol. The first kappa shape index (κ1) is 18.5. The van der Waals surface area contributed by atoms with Gasteiger partial charge < -0.3 is 9.47 Å². The van der Waals surface area contributed by atoms with Crippen LogP contribution in [0.3, 0.4) is 0 Å². The Morgan fingerprint density at radius 2 is 1.57 bits per heavy atom. The number of rotatable bonds is 10. The van der Waals surface area contributed by atoms with Gasteiger partial charge in [-0.15, -0.1) is 0 Å². The lowest BCUT2D eigenvalue weighted by molar-refractivity contribution is -0.137. The molecule has 130 valence electrons. The van der Waals surface area contributed by atoms with E-state index in [1.165, 1.54) is 62.5 Å². The highest BCUT2D eigenvalue weighted by atomic mass is 16.6. The Hall–Kier alpha value is -0.860. The molecule has 0 bridgehead atoms. The van der Waals surface area contributed by atoms with Gasteiger partial charge in [0.1, 0.15) is 6.10 Å². The summed E-state index contributed by atoms with van der Waals surface area (Å²) in [7, 11) is 0. The van der Waals surface area contributed by atoms with Crippen molar-refractivity contribution in [1.82, 2.24) is 0 Å². The summed E-state index contributed by atoms with van der Waals surface area (Å²) in [5.41, 5.74) is 2.68. The first-order valence-electron chi connectivity index (χ1n) is 9.65. The smallest absolute Gasteiger partial charge is 0.106 e. The fraction of sp³-hybridized carbons (Fsp3) is 0.714. The molecular formula is C21H34O2. The molecule has 2 rings (SSSR count). The van der Waals surface area contributed by atoms with Gasteiger partial charge in [0.05, 0.1) is 19.3 Å². The van der Waals surface area contributed by atoms with Crippen molar-refractivity contribution in [3.63, 3.8) is 0 Å². The molecule has 0 aliphatic carbocycles. The fourth-order valence-electron chi connectivity index (χ4n) is 3.16. The molecule has 23 heavy (non-hydrogen) atoms. The van der Waals surface area contributed by atoms with Crippen LogP contribution in [0.1, 0.15) is 82.4 Å². The Morgan fingerprint density at radius 3 is 2.22 bits per heavy atom. The Kier molecular flexibility index (Phi) is 8.70. The number of unbranched alkanes of at least 4 members (excludes halogenated alkanes) is 5. The van der Waals surface area contributed by atoms with Crippen LogP contribution in [0.25, 0.3) is 0 Å². The van der Waals surface area contributed by atoms with Gasteiger partial charge in [0, 0.05) is 0 Å². The quantitative estimate of drug-likeness (QED) is 0.504. The van der Waals surface area contributed by atoms with Crippen LogP contribution in [-0.4, -0.2) is 19.3 Å². The van der Waals surface area contributed by atoms with Crippen molar-refractivity contribution >= 4 is 0 Å². The molecule has 1 aromatic carbocycles. The van der Waals surface area contributed by atoms with Crippen molar-refractivity contribution in [1.29, 1.82) is 0 Å². The molecule has 0 unspecified atom stereocenters. The van der Waals surface area contributed by atoms with Gasteiger partial charge in [-0.05, 0) is 30.4 Å². The molecule has 0 radical (unpaired) electrons. The normalized spacial score (nSPS) is 21.5. The third kappa shape index (κ3) is 6.64. The average molecular weight is 319 g/mol. The predicted octanol–water partition coefficient (Wildman–Crippen LogP) is 5.85. The lowest BCUT2D eigenvalue weighted by atomic mass is 10.0. The molecule has 0 amide bonds. The number of hydrogen-bond acceptors (Lipinski definition) is 2. The van der Waals surface area contributed by atoms with E-state index >= 15 is 0 Å². The summed E-state index contributed by atoms with van der Waals surface area (Å²) in [6.45, 7) is 5.94. The molecule has 2 nitrogen and oxygen atoms in total. The van der Waals surface area contributed by atoms with Crippen LogP contribution in [-0.2, 0) is 15.9 Å². The fourth-order valence-corrected chi connectivity index (χ4v) is 3.16. The van der Waals surface area contributed by atoms with Crippen molar-refractivity contribution in [3.05, 3.63) is 35.4 Å². The highest BCUT2D eigenvalue weighted by Crippen LogP contribution is 2.25. The van der Waals surface area contributed by atoms with E-state index in [0.717, 1.165) is 13.0 Å². The zero-order valence-electron chi connectivity index (χ0n) is 15.1. The van der Waals surface area contributed by atoms with Gasteiger partial charge in [-0.1, -0.05) is 76.6 Å². The van der Waals surface area contributed by atoms with Crippen molar-refractivity contribution in [2.45, 2.75) is 83.8 Å². The van der Waals surface area contributed by atoms with Crippen molar-refractivity contribution < 1.29 is 9.47 Å². The molecule has 0 aromatic heterocycles. The summed E-state index contributed by atoms with van der Waals surface area (Å²) in [4.78, 5) is 0. The van der Waals surface area contributed by atoms with Gasteiger partial charge in [0.15, 0.2) is 0 Å². The Morgan fingerprint density at radius 1 is 0.826 bits per heavy atom. The number of ether oxygens (including phenoxy) is 2.